The van der Waals surface area contributed by atoms with Crippen LogP contribution in [0.3, 0.4) is 0 Å². The molecule has 1 saturated heterocycles. The summed E-state index contributed by atoms with van der Waals surface area (Å²) in [4.78, 5) is 0. The van der Waals surface area contributed by atoms with Crippen LogP contribution in [0.1, 0.15) is 27.2 Å². The van der Waals surface area contributed by atoms with Crippen LogP contribution in [0.15, 0.2) is 0 Å². The Hall–Kier alpha value is 0.747. The molecule has 1 fully saturated rings. The highest BCUT2D eigenvalue weighted by Gasteiger charge is 2.39. The van der Waals surface area contributed by atoms with E-state index in [1.807, 2.05) is 0 Å². The fourth-order valence-electron chi connectivity index (χ4n) is 1.40. The summed E-state index contributed by atoms with van der Waals surface area (Å²) < 4.78 is 17.2. The molecule has 2 unspecified atom stereocenters. The van der Waals surface area contributed by atoms with Crippen LogP contribution in [-0.2, 0) is 25.3 Å². The van der Waals surface area contributed by atoms with Crippen molar-refractivity contribution in [3.8, 4) is 0 Å². The highest BCUT2D eigenvalue weighted by atomic mass is 32.5. The molecular formula is C11H25O3PSSi. The maximum atomic E-state index is 6.15. The molecule has 0 aromatic rings. The van der Waals surface area contributed by atoms with Gasteiger partial charge in [0, 0.05) is 13.3 Å². The quantitative estimate of drug-likeness (QED) is 0.583. The highest BCUT2D eigenvalue weighted by Crippen LogP contribution is 2.55. The van der Waals surface area contributed by atoms with Gasteiger partial charge in [-0.05, 0) is 36.4 Å². The van der Waals surface area contributed by atoms with Gasteiger partial charge in [-0.1, -0.05) is 20.8 Å². The summed E-state index contributed by atoms with van der Waals surface area (Å²) in [6, 6.07) is 0. The largest absolute Gasteiger partial charge is 0.414 e. The number of hydrogen-bond donors (Lipinski definition) is 0. The maximum absolute atomic E-state index is 6.15. The molecule has 102 valence electrons. The van der Waals surface area contributed by atoms with Gasteiger partial charge in [-0.2, -0.15) is 0 Å². The Labute approximate surface area is 112 Å². The Bertz CT molecular complexity index is 314. The summed E-state index contributed by atoms with van der Waals surface area (Å²) in [5.74, 6) is 0. The van der Waals surface area contributed by atoms with Crippen molar-refractivity contribution in [3.05, 3.63) is 0 Å². The fourth-order valence-corrected chi connectivity index (χ4v) is 4.72. The van der Waals surface area contributed by atoms with Gasteiger partial charge in [0.25, 0.3) is 0 Å². The summed E-state index contributed by atoms with van der Waals surface area (Å²) in [7, 11) is -0.0208. The summed E-state index contributed by atoms with van der Waals surface area (Å²) in [6.45, 7) is 9.95. The van der Waals surface area contributed by atoms with Crippen molar-refractivity contribution in [1.29, 1.82) is 0 Å². The number of hydrogen-bond acceptors (Lipinski definition) is 4. The average molecular weight is 296 g/mol. The minimum absolute atomic E-state index is 0.134. The normalized spacial score (nSPS) is 30.8. The number of rotatable bonds is 4. The average Bonchev–Trinajstić information content (AvgIpc) is 2.57. The Morgan fingerprint density at radius 1 is 1.41 bits per heavy atom. The molecule has 0 saturated carbocycles. The van der Waals surface area contributed by atoms with E-state index in [0.29, 0.717) is 6.61 Å². The van der Waals surface area contributed by atoms with E-state index in [1.165, 1.54) is 0 Å². The molecule has 17 heavy (non-hydrogen) atoms. The fraction of sp³-hybridized carbons (Fsp3) is 1.00. The SMILES string of the molecule is COP1(=S)CCC(CO[Si](C)(C)C(C)(C)C)O1. The Balaban J connectivity index is 2.46. The van der Waals surface area contributed by atoms with Gasteiger partial charge in [-0.25, -0.2) is 0 Å². The standard InChI is InChI=1S/C11H25O3PSSi/c1-11(2,3)17(5,6)13-9-10-7-8-15(16,12-4)14-10/h10H,7-9H2,1-6H3. The molecule has 0 amide bonds. The third-order valence-corrected chi connectivity index (χ3v) is 11.5. The Morgan fingerprint density at radius 2 is 2.00 bits per heavy atom. The van der Waals surface area contributed by atoms with E-state index in [2.05, 4.69) is 33.9 Å². The molecule has 1 aliphatic rings. The molecule has 6 heteroatoms. The van der Waals surface area contributed by atoms with Crippen molar-refractivity contribution in [2.75, 3.05) is 19.9 Å². The molecule has 0 spiro atoms. The predicted octanol–water partition coefficient (Wildman–Crippen LogP) is 3.75. The molecule has 3 nitrogen and oxygen atoms in total. The lowest BCUT2D eigenvalue weighted by Crippen LogP contribution is -2.42. The van der Waals surface area contributed by atoms with Gasteiger partial charge in [0.1, 0.15) is 0 Å². The first-order chi connectivity index (χ1) is 7.60. The van der Waals surface area contributed by atoms with Crippen molar-refractivity contribution < 1.29 is 13.5 Å². The van der Waals surface area contributed by atoms with Crippen molar-refractivity contribution in [2.45, 2.75) is 51.4 Å². The summed E-state index contributed by atoms with van der Waals surface area (Å²) in [6.07, 6.45) is 1.99. The molecular weight excluding hydrogens is 271 g/mol. The lowest BCUT2D eigenvalue weighted by atomic mass is 10.2. The van der Waals surface area contributed by atoms with E-state index in [0.717, 1.165) is 12.6 Å². The molecule has 1 aliphatic heterocycles. The van der Waals surface area contributed by atoms with Gasteiger partial charge in [-0.3, -0.25) is 0 Å². The van der Waals surface area contributed by atoms with E-state index in [1.54, 1.807) is 7.11 Å². The van der Waals surface area contributed by atoms with E-state index in [-0.39, 0.29) is 11.1 Å². The summed E-state index contributed by atoms with van der Waals surface area (Å²) in [5, 5.41) is 0.243. The molecule has 2 atom stereocenters. The van der Waals surface area contributed by atoms with Crippen LogP contribution in [0, 0.1) is 0 Å². The first-order valence-corrected chi connectivity index (χ1v) is 11.8. The summed E-state index contributed by atoms with van der Waals surface area (Å²) >= 11 is 5.35. The van der Waals surface area contributed by atoms with Crippen LogP contribution in [0.5, 0.6) is 0 Å². The predicted molar refractivity (Wildman–Crippen MR) is 78.8 cm³/mol. The third-order valence-electron chi connectivity index (χ3n) is 3.75. The smallest absolute Gasteiger partial charge is 0.192 e. The zero-order valence-electron chi connectivity index (χ0n) is 11.8. The van der Waals surface area contributed by atoms with Crippen LogP contribution in [-0.4, -0.2) is 34.3 Å². The monoisotopic (exact) mass is 296 g/mol. The van der Waals surface area contributed by atoms with E-state index >= 15 is 0 Å². The van der Waals surface area contributed by atoms with Gasteiger partial charge in [0.15, 0.2) is 14.8 Å². The molecule has 1 heterocycles. The van der Waals surface area contributed by atoms with Gasteiger partial charge < -0.3 is 13.5 Å². The minimum atomic E-state index is -1.96. The van der Waals surface area contributed by atoms with Crippen LogP contribution in [0.4, 0.5) is 0 Å². The van der Waals surface area contributed by atoms with E-state index in [4.69, 9.17) is 25.3 Å². The zero-order chi connectivity index (χ0) is 13.3. The van der Waals surface area contributed by atoms with Crippen molar-refractivity contribution in [3.63, 3.8) is 0 Å². The van der Waals surface area contributed by atoms with E-state index < -0.39 is 14.8 Å². The maximum Gasteiger partial charge on any atom is 0.192 e. The molecule has 0 bridgehead atoms. The third kappa shape index (κ3) is 4.12. The van der Waals surface area contributed by atoms with Gasteiger partial charge in [0.05, 0.1) is 12.7 Å². The Morgan fingerprint density at radius 3 is 2.41 bits per heavy atom. The molecule has 0 radical (unpaired) electrons. The van der Waals surface area contributed by atoms with Gasteiger partial charge in [-0.15, -0.1) is 0 Å². The topological polar surface area (TPSA) is 27.7 Å². The summed E-state index contributed by atoms with van der Waals surface area (Å²) in [5.41, 5.74) is 0. The van der Waals surface area contributed by atoms with Gasteiger partial charge in [0.2, 0.25) is 0 Å². The lowest BCUT2D eigenvalue weighted by molar-refractivity contribution is 0.134. The minimum Gasteiger partial charge on any atom is -0.414 e. The van der Waals surface area contributed by atoms with Crippen molar-refractivity contribution in [2.24, 2.45) is 0 Å². The second-order valence-corrected chi connectivity index (χ2v) is 14.8. The molecule has 0 aliphatic carbocycles. The first-order valence-electron chi connectivity index (χ1n) is 6.07. The molecule has 0 aromatic carbocycles. The first kappa shape index (κ1) is 15.8. The second kappa shape index (κ2) is 5.39. The second-order valence-electron chi connectivity index (χ2n) is 6.10. The molecule has 0 aromatic heterocycles. The van der Waals surface area contributed by atoms with Crippen molar-refractivity contribution in [1.82, 2.24) is 0 Å². The van der Waals surface area contributed by atoms with E-state index in [9.17, 15) is 0 Å². The van der Waals surface area contributed by atoms with Crippen LogP contribution in [0.25, 0.3) is 0 Å². The molecule has 1 rings (SSSR count). The van der Waals surface area contributed by atoms with Crippen molar-refractivity contribution >= 4 is 26.6 Å². The lowest BCUT2D eigenvalue weighted by Gasteiger charge is -2.36. The van der Waals surface area contributed by atoms with Gasteiger partial charge >= 0.3 is 0 Å². The Kier molecular flexibility index (Phi) is 5.01. The zero-order valence-corrected chi connectivity index (χ0v) is 14.5. The van der Waals surface area contributed by atoms with Crippen LogP contribution in [0.2, 0.25) is 18.1 Å². The molecule has 0 N–H and O–H groups in total. The van der Waals surface area contributed by atoms with Crippen LogP contribution < -0.4 is 0 Å². The highest BCUT2D eigenvalue weighted by molar-refractivity contribution is 8.10. The van der Waals surface area contributed by atoms with Crippen LogP contribution >= 0.6 is 6.49 Å².